The molecule has 1 aromatic carbocycles. The van der Waals surface area contributed by atoms with Crippen molar-refractivity contribution >= 4 is 17.7 Å². The average molecular weight is 274 g/mol. The third-order valence-electron chi connectivity index (χ3n) is 4.39. The Morgan fingerprint density at radius 1 is 1.35 bits per heavy atom. The molecular formula is C15H18N2O3. The summed E-state index contributed by atoms with van der Waals surface area (Å²) in [5.41, 5.74) is 0.958. The summed E-state index contributed by atoms with van der Waals surface area (Å²) in [6, 6.07) is 7.52. The molecule has 1 heterocycles. The Bertz CT molecular complexity index is 566. The summed E-state index contributed by atoms with van der Waals surface area (Å²) in [5, 5.41) is 12.0. The molecule has 1 unspecified atom stereocenters. The molecule has 1 atom stereocenters. The number of aliphatic carboxylic acids is 1. The number of urea groups is 1. The van der Waals surface area contributed by atoms with Crippen molar-refractivity contribution in [3.05, 3.63) is 29.8 Å². The Morgan fingerprint density at radius 2 is 2.05 bits per heavy atom. The van der Waals surface area contributed by atoms with Crippen LogP contribution in [-0.2, 0) is 11.2 Å². The lowest BCUT2D eigenvalue weighted by Gasteiger charge is -2.39. The zero-order chi connectivity index (χ0) is 14.3. The van der Waals surface area contributed by atoms with Crippen LogP contribution < -0.4 is 10.2 Å². The number of para-hydroxylation sites is 1. The molecule has 1 saturated carbocycles. The maximum absolute atomic E-state index is 12.5. The number of carbonyl (C=O) groups is 2. The molecule has 0 bridgehead atoms. The van der Waals surface area contributed by atoms with E-state index >= 15 is 0 Å². The fourth-order valence-electron chi connectivity index (χ4n) is 3.06. The van der Waals surface area contributed by atoms with Crippen molar-refractivity contribution in [3.63, 3.8) is 0 Å². The highest BCUT2D eigenvalue weighted by Crippen LogP contribution is 2.35. The number of nitrogens with one attached hydrogen (secondary N) is 1. The van der Waals surface area contributed by atoms with Crippen LogP contribution in [0.1, 0.15) is 31.7 Å². The Labute approximate surface area is 117 Å². The first-order chi connectivity index (χ1) is 9.53. The number of hydrogen-bond acceptors (Lipinski definition) is 2. The van der Waals surface area contributed by atoms with Crippen LogP contribution in [0.2, 0.25) is 0 Å². The van der Waals surface area contributed by atoms with E-state index in [1.807, 2.05) is 31.2 Å². The van der Waals surface area contributed by atoms with E-state index in [-0.39, 0.29) is 12.1 Å². The predicted molar refractivity (Wildman–Crippen MR) is 74.8 cm³/mol. The Balaban J connectivity index is 1.83. The van der Waals surface area contributed by atoms with Crippen LogP contribution in [0.5, 0.6) is 0 Å². The standard InChI is InChI=1S/C15H18N2O3/c1-10-9-11-5-2-3-6-12(11)17(10)14(20)16-15(13(18)19)7-4-8-15/h2-3,5-6,10H,4,7-9H2,1H3,(H,16,20)(H,18,19). The van der Waals surface area contributed by atoms with Crippen LogP contribution >= 0.6 is 0 Å². The van der Waals surface area contributed by atoms with Gasteiger partial charge in [0.25, 0.3) is 0 Å². The Hall–Kier alpha value is -2.04. The molecule has 0 aromatic heterocycles. The first-order valence-electron chi connectivity index (χ1n) is 6.96. The number of carboxylic acid groups (broad SMARTS) is 1. The minimum absolute atomic E-state index is 0.0540. The summed E-state index contributed by atoms with van der Waals surface area (Å²) in [5.74, 6) is -0.933. The summed E-state index contributed by atoms with van der Waals surface area (Å²) in [6.45, 7) is 1.98. The normalized spacial score (nSPS) is 22.9. The monoisotopic (exact) mass is 274 g/mol. The molecule has 5 nitrogen and oxygen atoms in total. The lowest BCUT2D eigenvalue weighted by Crippen LogP contribution is -2.62. The summed E-state index contributed by atoms with van der Waals surface area (Å²) in [7, 11) is 0. The summed E-state index contributed by atoms with van der Waals surface area (Å²) < 4.78 is 0. The first-order valence-corrected chi connectivity index (χ1v) is 6.96. The molecule has 1 aromatic rings. The van der Waals surface area contributed by atoms with Crippen molar-refractivity contribution in [2.45, 2.75) is 44.2 Å². The predicted octanol–water partition coefficient (Wildman–Crippen LogP) is 2.15. The zero-order valence-electron chi connectivity index (χ0n) is 11.4. The highest BCUT2D eigenvalue weighted by molar-refractivity contribution is 5.98. The summed E-state index contributed by atoms with van der Waals surface area (Å²) in [4.78, 5) is 25.5. The van der Waals surface area contributed by atoms with Crippen molar-refractivity contribution in [2.24, 2.45) is 0 Å². The number of carbonyl (C=O) groups excluding carboxylic acids is 1. The number of carboxylic acids is 1. The number of anilines is 1. The van der Waals surface area contributed by atoms with Gasteiger partial charge in [-0.3, -0.25) is 4.90 Å². The number of fused-ring (bicyclic) bond motifs is 1. The van der Waals surface area contributed by atoms with Gasteiger partial charge in [0.05, 0.1) is 0 Å². The molecular weight excluding hydrogens is 256 g/mol. The van der Waals surface area contributed by atoms with Crippen LogP contribution in [-0.4, -0.2) is 28.7 Å². The van der Waals surface area contributed by atoms with E-state index in [0.717, 1.165) is 24.1 Å². The molecule has 0 saturated heterocycles. The van der Waals surface area contributed by atoms with Gasteiger partial charge in [-0.2, -0.15) is 0 Å². The molecule has 1 aliphatic carbocycles. The molecule has 1 aliphatic heterocycles. The van der Waals surface area contributed by atoms with E-state index in [0.29, 0.717) is 12.8 Å². The van der Waals surface area contributed by atoms with Crippen LogP contribution in [0.4, 0.5) is 10.5 Å². The van der Waals surface area contributed by atoms with Crippen LogP contribution in [0.15, 0.2) is 24.3 Å². The SMILES string of the molecule is CC1Cc2ccccc2N1C(=O)NC1(C(=O)O)CCC1. The molecule has 2 amide bonds. The Kier molecular flexibility index (Phi) is 2.92. The second kappa shape index (κ2) is 4.51. The summed E-state index contributed by atoms with van der Waals surface area (Å²) in [6.07, 6.45) is 2.68. The summed E-state index contributed by atoms with van der Waals surface area (Å²) >= 11 is 0. The number of benzene rings is 1. The number of nitrogens with zero attached hydrogens (tertiary/aromatic N) is 1. The van der Waals surface area contributed by atoms with Gasteiger partial charge in [0.15, 0.2) is 0 Å². The van der Waals surface area contributed by atoms with E-state index in [1.54, 1.807) is 4.90 Å². The molecule has 2 aliphatic rings. The van der Waals surface area contributed by atoms with E-state index < -0.39 is 11.5 Å². The fraction of sp³-hybridized carbons (Fsp3) is 0.467. The highest BCUT2D eigenvalue weighted by Gasteiger charge is 2.47. The van der Waals surface area contributed by atoms with Crippen LogP contribution in [0.25, 0.3) is 0 Å². The minimum atomic E-state index is -1.06. The molecule has 5 heteroatoms. The number of amides is 2. The van der Waals surface area contributed by atoms with Gasteiger partial charge in [-0.05, 0) is 44.2 Å². The second-order valence-electron chi connectivity index (χ2n) is 5.72. The molecule has 0 spiro atoms. The van der Waals surface area contributed by atoms with Gasteiger partial charge in [-0.15, -0.1) is 0 Å². The van der Waals surface area contributed by atoms with Gasteiger partial charge in [-0.25, -0.2) is 9.59 Å². The maximum atomic E-state index is 12.5. The molecule has 106 valence electrons. The van der Waals surface area contributed by atoms with Crippen molar-refractivity contribution in [2.75, 3.05) is 4.90 Å². The van der Waals surface area contributed by atoms with Gasteiger partial charge in [0, 0.05) is 11.7 Å². The van der Waals surface area contributed by atoms with Crippen molar-refractivity contribution < 1.29 is 14.7 Å². The minimum Gasteiger partial charge on any atom is -0.480 e. The number of rotatable bonds is 2. The van der Waals surface area contributed by atoms with Crippen LogP contribution in [0.3, 0.4) is 0 Å². The smallest absolute Gasteiger partial charge is 0.329 e. The van der Waals surface area contributed by atoms with Gasteiger partial charge < -0.3 is 10.4 Å². The molecule has 3 rings (SSSR count). The van der Waals surface area contributed by atoms with E-state index in [2.05, 4.69) is 5.32 Å². The fourth-order valence-corrected chi connectivity index (χ4v) is 3.06. The van der Waals surface area contributed by atoms with Crippen molar-refractivity contribution in [1.29, 1.82) is 0 Å². The van der Waals surface area contributed by atoms with Gasteiger partial charge in [0.1, 0.15) is 5.54 Å². The zero-order valence-corrected chi connectivity index (χ0v) is 11.4. The van der Waals surface area contributed by atoms with Gasteiger partial charge in [-0.1, -0.05) is 18.2 Å². The average Bonchev–Trinajstić information content (AvgIpc) is 2.69. The van der Waals surface area contributed by atoms with E-state index in [9.17, 15) is 14.7 Å². The van der Waals surface area contributed by atoms with Gasteiger partial charge >= 0.3 is 12.0 Å². The topological polar surface area (TPSA) is 69.6 Å². The largest absolute Gasteiger partial charge is 0.480 e. The van der Waals surface area contributed by atoms with Crippen molar-refractivity contribution in [1.82, 2.24) is 5.32 Å². The lowest BCUT2D eigenvalue weighted by molar-refractivity contribution is -0.148. The Morgan fingerprint density at radius 3 is 2.65 bits per heavy atom. The van der Waals surface area contributed by atoms with Crippen molar-refractivity contribution in [3.8, 4) is 0 Å². The first kappa shape index (κ1) is 13.0. The molecule has 1 fully saturated rings. The number of hydrogen-bond donors (Lipinski definition) is 2. The molecule has 20 heavy (non-hydrogen) atoms. The van der Waals surface area contributed by atoms with E-state index in [1.165, 1.54) is 0 Å². The van der Waals surface area contributed by atoms with E-state index in [4.69, 9.17) is 0 Å². The highest BCUT2D eigenvalue weighted by atomic mass is 16.4. The molecule has 2 N–H and O–H groups in total. The quantitative estimate of drug-likeness (QED) is 0.868. The lowest BCUT2D eigenvalue weighted by atomic mass is 9.77. The third-order valence-corrected chi connectivity index (χ3v) is 4.39. The molecule has 0 radical (unpaired) electrons. The van der Waals surface area contributed by atoms with Crippen LogP contribution in [0, 0.1) is 0 Å². The van der Waals surface area contributed by atoms with Gasteiger partial charge in [0.2, 0.25) is 0 Å². The second-order valence-corrected chi connectivity index (χ2v) is 5.72. The third kappa shape index (κ3) is 1.85. The maximum Gasteiger partial charge on any atom is 0.329 e.